The Morgan fingerprint density at radius 3 is 2.64 bits per heavy atom. The predicted molar refractivity (Wildman–Crippen MR) is 102 cm³/mol. The predicted octanol–water partition coefficient (Wildman–Crippen LogP) is 4.30. The van der Waals surface area contributed by atoms with Crippen molar-refractivity contribution in [3.8, 4) is 0 Å². The molecule has 1 aromatic heterocycles. The third-order valence-electron chi connectivity index (χ3n) is 5.07. The van der Waals surface area contributed by atoms with Gasteiger partial charge in [-0.25, -0.2) is 9.37 Å². The van der Waals surface area contributed by atoms with Crippen molar-refractivity contribution in [2.24, 2.45) is 5.92 Å². The smallest absolute Gasteiger partial charge is 0.231 e. The maximum Gasteiger partial charge on any atom is 0.231 e. The van der Waals surface area contributed by atoms with Crippen LogP contribution >= 0.6 is 11.3 Å². The molecule has 25 heavy (non-hydrogen) atoms. The minimum absolute atomic E-state index is 0.112. The van der Waals surface area contributed by atoms with Gasteiger partial charge >= 0.3 is 0 Å². The summed E-state index contributed by atoms with van der Waals surface area (Å²) in [7, 11) is 0. The van der Waals surface area contributed by atoms with Crippen molar-refractivity contribution in [3.63, 3.8) is 0 Å². The molecule has 1 fully saturated rings. The fraction of sp³-hybridized carbons (Fsp3) is 0.579. The average molecular weight is 364 g/mol. The third-order valence-corrected chi connectivity index (χ3v) is 6.12. The van der Waals surface area contributed by atoms with Gasteiger partial charge in [0.1, 0.15) is 5.82 Å². The first-order valence-corrected chi connectivity index (χ1v) is 10.0. The van der Waals surface area contributed by atoms with Crippen molar-refractivity contribution in [1.82, 2.24) is 9.88 Å². The van der Waals surface area contributed by atoms with E-state index in [-0.39, 0.29) is 17.6 Å². The highest BCUT2D eigenvalue weighted by atomic mass is 32.1. The first-order chi connectivity index (χ1) is 12.1. The molecule has 0 aliphatic heterocycles. The van der Waals surface area contributed by atoms with Gasteiger partial charge in [0, 0.05) is 19.0 Å². The maximum atomic E-state index is 13.5. The zero-order valence-electron chi connectivity index (χ0n) is 15.0. The summed E-state index contributed by atoms with van der Waals surface area (Å²) >= 11 is 1.41. The number of halogens is 1. The van der Waals surface area contributed by atoms with E-state index in [0.717, 1.165) is 55.5 Å². The number of benzene rings is 1. The van der Waals surface area contributed by atoms with Gasteiger partial charge in [0.25, 0.3) is 0 Å². The first kappa shape index (κ1) is 18.3. The highest BCUT2D eigenvalue weighted by Gasteiger charge is 2.29. The largest absolute Gasteiger partial charge is 0.302 e. The fourth-order valence-corrected chi connectivity index (χ4v) is 4.50. The van der Waals surface area contributed by atoms with Gasteiger partial charge in [-0.15, -0.1) is 0 Å². The van der Waals surface area contributed by atoms with Crippen LogP contribution in [0.5, 0.6) is 0 Å². The van der Waals surface area contributed by atoms with Gasteiger partial charge < -0.3 is 4.90 Å². The Morgan fingerprint density at radius 2 is 1.96 bits per heavy atom. The number of anilines is 1. The molecule has 0 saturated heterocycles. The van der Waals surface area contributed by atoms with Crippen LogP contribution in [0, 0.1) is 11.7 Å². The van der Waals surface area contributed by atoms with Crippen LogP contribution < -0.4 is 4.90 Å². The normalized spacial score (nSPS) is 15.4. The highest BCUT2D eigenvalue weighted by molar-refractivity contribution is 7.22. The van der Waals surface area contributed by atoms with Crippen LogP contribution in [0.15, 0.2) is 18.2 Å². The molecule has 1 saturated carbocycles. The van der Waals surface area contributed by atoms with Crippen LogP contribution in [0.1, 0.15) is 39.5 Å². The number of rotatable bonds is 7. The summed E-state index contributed by atoms with van der Waals surface area (Å²) in [4.78, 5) is 21.8. The number of aromatic nitrogens is 1. The molecule has 2 aromatic rings. The third kappa shape index (κ3) is 4.18. The lowest BCUT2D eigenvalue weighted by Crippen LogP contribution is -2.41. The van der Waals surface area contributed by atoms with Crippen LogP contribution in [0.4, 0.5) is 9.52 Å². The molecule has 1 amide bonds. The Morgan fingerprint density at radius 1 is 1.24 bits per heavy atom. The van der Waals surface area contributed by atoms with Crippen LogP contribution in [0.3, 0.4) is 0 Å². The summed E-state index contributed by atoms with van der Waals surface area (Å²) in [5.74, 6) is 0.0316. The zero-order valence-corrected chi connectivity index (χ0v) is 15.8. The van der Waals surface area contributed by atoms with Crippen molar-refractivity contribution >= 4 is 32.6 Å². The van der Waals surface area contributed by atoms with Crippen LogP contribution in [0.2, 0.25) is 0 Å². The number of carbonyl (C=O) groups is 1. The summed E-state index contributed by atoms with van der Waals surface area (Å²) in [6, 6.07) is 4.61. The van der Waals surface area contributed by atoms with Gasteiger partial charge in [0.05, 0.1) is 10.2 Å². The molecule has 136 valence electrons. The van der Waals surface area contributed by atoms with E-state index in [4.69, 9.17) is 0 Å². The quantitative estimate of drug-likeness (QED) is 0.736. The molecule has 3 rings (SSSR count). The van der Waals surface area contributed by atoms with Crippen molar-refractivity contribution in [2.75, 3.05) is 31.1 Å². The molecule has 1 aliphatic carbocycles. The fourth-order valence-electron chi connectivity index (χ4n) is 3.48. The molecular formula is C19H26FN3OS. The van der Waals surface area contributed by atoms with Gasteiger partial charge in [0.2, 0.25) is 5.91 Å². The average Bonchev–Trinajstić information content (AvgIpc) is 3.27. The molecular weight excluding hydrogens is 337 g/mol. The van der Waals surface area contributed by atoms with Crippen molar-refractivity contribution in [3.05, 3.63) is 24.0 Å². The minimum Gasteiger partial charge on any atom is -0.302 e. The Kier molecular flexibility index (Phi) is 6.02. The Bertz CT molecular complexity index is 723. The van der Waals surface area contributed by atoms with Crippen LogP contribution in [-0.2, 0) is 4.79 Å². The van der Waals surface area contributed by atoms with Crippen LogP contribution in [-0.4, -0.2) is 42.0 Å². The summed E-state index contributed by atoms with van der Waals surface area (Å²) in [6.07, 6.45) is 4.21. The molecule has 0 bridgehead atoms. The monoisotopic (exact) mass is 363 g/mol. The van der Waals surface area contributed by atoms with Gasteiger partial charge in [-0.2, -0.15) is 0 Å². The lowest BCUT2D eigenvalue weighted by molar-refractivity contribution is -0.122. The van der Waals surface area contributed by atoms with Crippen molar-refractivity contribution in [2.45, 2.75) is 39.5 Å². The minimum atomic E-state index is -0.264. The lowest BCUT2D eigenvalue weighted by atomic mass is 10.1. The molecule has 0 radical (unpaired) electrons. The number of thiazole rings is 1. The second-order valence-corrected chi connectivity index (χ2v) is 7.62. The molecule has 1 aliphatic rings. The molecule has 6 heteroatoms. The lowest BCUT2D eigenvalue weighted by Gasteiger charge is -2.26. The zero-order chi connectivity index (χ0) is 17.8. The van der Waals surface area contributed by atoms with E-state index in [1.807, 2.05) is 4.90 Å². The number of likely N-dealkylation sites (N-methyl/N-ethyl adjacent to an activating group) is 1. The van der Waals surface area contributed by atoms with E-state index in [9.17, 15) is 9.18 Å². The van der Waals surface area contributed by atoms with E-state index >= 15 is 0 Å². The van der Waals surface area contributed by atoms with E-state index < -0.39 is 0 Å². The second kappa shape index (κ2) is 8.23. The summed E-state index contributed by atoms with van der Waals surface area (Å²) in [5, 5.41) is 0.699. The van der Waals surface area contributed by atoms with E-state index in [1.54, 1.807) is 6.07 Å². The molecule has 1 heterocycles. The number of fused-ring (bicyclic) bond motifs is 1. The number of amides is 1. The number of hydrogen-bond acceptors (Lipinski definition) is 4. The number of nitrogens with zero attached hydrogens (tertiary/aromatic N) is 3. The summed E-state index contributed by atoms with van der Waals surface area (Å²) in [6.45, 7) is 7.66. The number of carbonyl (C=O) groups excluding carboxylic acids is 1. The summed E-state index contributed by atoms with van der Waals surface area (Å²) < 4.78 is 14.3. The molecule has 0 spiro atoms. The van der Waals surface area contributed by atoms with Crippen LogP contribution in [0.25, 0.3) is 10.2 Å². The molecule has 0 unspecified atom stereocenters. The van der Waals surface area contributed by atoms with Gasteiger partial charge in [-0.1, -0.05) is 38.0 Å². The second-order valence-electron chi connectivity index (χ2n) is 6.61. The van der Waals surface area contributed by atoms with Crippen molar-refractivity contribution in [1.29, 1.82) is 0 Å². The number of hydrogen-bond donors (Lipinski definition) is 0. The van der Waals surface area contributed by atoms with E-state index in [1.165, 1.54) is 23.5 Å². The van der Waals surface area contributed by atoms with Gasteiger partial charge in [-0.05, 0) is 44.1 Å². The van der Waals surface area contributed by atoms with Gasteiger partial charge in [-0.3, -0.25) is 9.69 Å². The Balaban J connectivity index is 1.86. The maximum absolute atomic E-state index is 13.5. The van der Waals surface area contributed by atoms with Crippen molar-refractivity contribution < 1.29 is 9.18 Å². The Hall–Kier alpha value is -1.53. The SMILES string of the molecule is CCN(CC)CCN(C(=O)C1CCCC1)c1nc2ccc(F)cc2s1. The topological polar surface area (TPSA) is 36.4 Å². The van der Waals surface area contributed by atoms with Gasteiger partial charge in [0.15, 0.2) is 5.13 Å². The molecule has 0 N–H and O–H groups in total. The molecule has 0 atom stereocenters. The molecule has 1 aromatic carbocycles. The highest BCUT2D eigenvalue weighted by Crippen LogP contribution is 2.33. The standard InChI is InChI=1S/C19H26FN3OS/c1-3-22(4-2)11-12-23(18(24)14-7-5-6-8-14)19-21-16-10-9-15(20)13-17(16)25-19/h9-10,13-14H,3-8,11-12H2,1-2H3. The first-order valence-electron chi connectivity index (χ1n) is 9.22. The summed E-state index contributed by atoms with van der Waals surface area (Å²) in [5.41, 5.74) is 0.758. The Labute approximate surface area is 152 Å². The van der Waals surface area contributed by atoms with E-state index in [2.05, 4.69) is 23.7 Å². The molecule has 4 nitrogen and oxygen atoms in total. The van der Waals surface area contributed by atoms with E-state index in [0.29, 0.717) is 11.7 Å².